The number of rotatable bonds is 2. The second-order valence-corrected chi connectivity index (χ2v) is 5.91. The summed E-state index contributed by atoms with van der Waals surface area (Å²) in [5.74, 6) is 0.387. The Labute approximate surface area is 165 Å². The first-order chi connectivity index (χ1) is 14.3. The van der Waals surface area contributed by atoms with Crippen molar-refractivity contribution >= 4 is 22.2 Å². The van der Waals surface area contributed by atoms with Crippen molar-refractivity contribution in [3.8, 4) is 17.7 Å². The maximum atomic E-state index is 12.5. The SMILES string of the molecule is CC.N#Cc1ccccc1-n1c(=O)[nH]c2cnc(-n3cnc4ccccc43)nc21. The third kappa shape index (κ3) is 2.95. The van der Waals surface area contributed by atoms with Gasteiger partial charge in [0.15, 0.2) is 5.65 Å². The summed E-state index contributed by atoms with van der Waals surface area (Å²) in [5.41, 5.74) is 3.03. The van der Waals surface area contributed by atoms with Crippen LogP contribution in [0, 0.1) is 11.3 Å². The van der Waals surface area contributed by atoms with Crippen LogP contribution in [0.4, 0.5) is 0 Å². The van der Waals surface area contributed by atoms with Crippen molar-refractivity contribution in [2.75, 3.05) is 0 Å². The maximum Gasteiger partial charge on any atom is 0.332 e. The van der Waals surface area contributed by atoms with E-state index in [1.807, 2.05) is 38.1 Å². The maximum absolute atomic E-state index is 12.5. The van der Waals surface area contributed by atoms with E-state index in [9.17, 15) is 10.1 Å². The Morgan fingerprint density at radius 1 is 1.03 bits per heavy atom. The number of para-hydroxylation sites is 3. The lowest BCUT2D eigenvalue weighted by atomic mass is 10.2. The van der Waals surface area contributed by atoms with Crippen LogP contribution in [0.15, 0.2) is 65.8 Å². The molecule has 3 aromatic heterocycles. The molecule has 0 aliphatic heterocycles. The molecule has 0 aliphatic rings. The number of nitriles is 1. The minimum Gasteiger partial charge on any atom is -0.303 e. The molecule has 0 bridgehead atoms. The number of aromatic nitrogens is 6. The van der Waals surface area contributed by atoms with E-state index >= 15 is 0 Å². The second kappa shape index (κ2) is 7.40. The van der Waals surface area contributed by atoms with E-state index in [4.69, 9.17) is 0 Å². The van der Waals surface area contributed by atoms with Crippen LogP contribution in [-0.2, 0) is 0 Å². The van der Waals surface area contributed by atoms with E-state index in [2.05, 4.69) is 26.0 Å². The van der Waals surface area contributed by atoms with Crippen molar-refractivity contribution in [3.63, 3.8) is 0 Å². The quantitative estimate of drug-likeness (QED) is 0.503. The molecule has 0 aliphatic carbocycles. The van der Waals surface area contributed by atoms with Crippen molar-refractivity contribution in [1.29, 1.82) is 5.26 Å². The smallest absolute Gasteiger partial charge is 0.303 e. The molecule has 29 heavy (non-hydrogen) atoms. The first kappa shape index (κ1) is 18.1. The fourth-order valence-electron chi connectivity index (χ4n) is 3.11. The summed E-state index contributed by atoms with van der Waals surface area (Å²) in [6, 6.07) is 16.6. The average molecular weight is 383 g/mol. The van der Waals surface area contributed by atoms with Gasteiger partial charge in [0, 0.05) is 0 Å². The molecule has 0 spiro atoms. The van der Waals surface area contributed by atoms with Gasteiger partial charge in [-0.1, -0.05) is 38.1 Å². The third-order valence-corrected chi connectivity index (χ3v) is 4.35. The summed E-state index contributed by atoms with van der Waals surface area (Å²) in [6.07, 6.45) is 3.20. The Kier molecular flexibility index (Phi) is 4.63. The highest BCUT2D eigenvalue weighted by atomic mass is 16.1. The Balaban J connectivity index is 0.000000994. The van der Waals surface area contributed by atoms with Crippen molar-refractivity contribution in [3.05, 3.63) is 77.1 Å². The number of fused-ring (bicyclic) bond motifs is 2. The van der Waals surface area contributed by atoms with Crippen molar-refractivity contribution < 1.29 is 0 Å². The molecule has 0 atom stereocenters. The number of benzene rings is 2. The molecule has 0 radical (unpaired) electrons. The number of nitrogens with one attached hydrogen (secondary N) is 1. The van der Waals surface area contributed by atoms with Crippen LogP contribution < -0.4 is 5.69 Å². The molecule has 0 unspecified atom stereocenters. The zero-order valence-corrected chi connectivity index (χ0v) is 15.9. The summed E-state index contributed by atoms with van der Waals surface area (Å²) in [6.45, 7) is 4.00. The molecule has 0 amide bonds. The first-order valence-corrected chi connectivity index (χ1v) is 9.16. The minimum atomic E-state index is -0.380. The van der Waals surface area contributed by atoms with Crippen LogP contribution in [0.1, 0.15) is 19.4 Å². The fourth-order valence-corrected chi connectivity index (χ4v) is 3.11. The number of hydrogen-bond acceptors (Lipinski definition) is 5. The molecule has 1 N–H and O–H groups in total. The second-order valence-electron chi connectivity index (χ2n) is 5.91. The van der Waals surface area contributed by atoms with Crippen molar-refractivity contribution in [2.24, 2.45) is 0 Å². The van der Waals surface area contributed by atoms with Gasteiger partial charge in [0.05, 0.1) is 28.5 Å². The zero-order valence-electron chi connectivity index (χ0n) is 15.9. The Morgan fingerprint density at radius 3 is 2.62 bits per heavy atom. The molecular weight excluding hydrogens is 366 g/mol. The van der Waals surface area contributed by atoms with Gasteiger partial charge in [0.1, 0.15) is 17.9 Å². The summed E-state index contributed by atoms with van der Waals surface area (Å²) >= 11 is 0. The van der Waals surface area contributed by atoms with E-state index in [0.717, 1.165) is 11.0 Å². The van der Waals surface area contributed by atoms with Gasteiger partial charge in [-0.25, -0.2) is 19.3 Å². The predicted octanol–water partition coefficient (Wildman–Crippen LogP) is 3.35. The van der Waals surface area contributed by atoms with Gasteiger partial charge < -0.3 is 4.98 Å². The summed E-state index contributed by atoms with van der Waals surface area (Å²) < 4.78 is 3.14. The van der Waals surface area contributed by atoms with Gasteiger partial charge in [-0.2, -0.15) is 10.2 Å². The lowest BCUT2D eigenvalue weighted by molar-refractivity contribution is 0.941. The van der Waals surface area contributed by atoms with Gasteiger partial charge in [0.2, 0.25) is 5.95 Å². The molecule has 3 heterocycles. The van der Waals surface area contributed by atoms with Gasteiger partial charge in [-0.15, -0.1) is 0 Å². The van der Waals surface area contributed by atoms with Crippen LogP contribution in [0.2, 0.25) is 0 Å². The van der Waals surface area contributed by atoms with Crippen LogP contribution in [-0.4, -0.2) is 29.1 Å². The monoisotopic (exact) mass is 383 g/mol. The van der Waals surface area contributed by atoms with Crippen LogP contribution in [0.3, 0.4) is 0 Å². The molecule has 142 valence electrons. The lowest BCUT2D eigenvalue weighted by Crippen LogP contribution is -2.16. The summed E-state index contributed by atoms with van der Waals surface area (Å²) in [5, 5.41) is 9.38. The van der Waals surface area contributed by atoms with E-state index in [1.54, 1.807) is 41.4 Å². The number of aromatic amines is 1. The average Bonchev–Trinajstić information content (AvgIpc) is 3.35. The number of imidazole rings is 2. The van der Waals surface area contributed by atoms with Gasteiger partial charge in [-0.3, -0.25) is 4.57 Å². The van der Waals surface area contributed by atoms with Crippen molar-refractivity contribution in [2.45, 2.75) is 13.8 Å². The molecule has 8 heteroatoms. The van der Waals surface area contributed by atoms with Crippen LogP contribution in [0.5, 0.6) is 0 Å². The largest absolute Gasteiger partial charge is 0.332 e. The van der Waals surface area contributed by atoms with Gasteiger partial charge in [0.25, 0.3) is 0 Å². The first-order valence-electron chi connectivity index (χ1n) is 9.16. The molecular formula is C21H17N7O. The fraction of sp³-hybridized carbons (Fsp3) is 0.0952. The zero-order chi connectivity index (χ0) is 20.4. The minimum absolute atomic E-state index is 0.380. The van der Waals surface area contributed by atoms with Crippen LogP contribution >= 0.6 is 0 Å². The summed E-state index contributed by atoms with van der Waals surface area (Å²) in [7, 11) is 0. The van der Waals surface area contributed by atoms with E-state index in [-0.39, 0.29) is 5.69 Å². The Hall–Kier alpha value is -4.25. The highest BCUT2D eigenvalue weighted by Crippen LogP contribution is 2.19. The molecule has 0 saturated heterocycles. The highest BCUT2D eigenvalue weighted by Gasteiger charge is 2.15. The lowest BCUT2D eigenvalue weighted by Gasteiger charge is -2.06. The standard InChI is InChI=1S/C19H11N7O.C2H6/c20-9-12-5-1-3-7-15(12)26-17-14(23-19(26)27)10-21-18(24-17)25-11-22-13-6-2-4-8-16(13)25;1-2/h1-8,10-11H,(H,23,27);1-2H3. The van der Waals surface area contributed by atoms with E-state index < -0.39 is 0 Å². The topological polar surface area (TPSA) is 105 Å². The molecule has 8 nitrogen and oxygen atoms in total. The van der Waals surface area contributed by atoms with Crippen molar-refractivity contribution in [1.82, 2.24) is 29.1 Å². The van der Waals surface area contributed by atoms with E-state index in [0.29, 0.717) is 28.4 Å². The number of H-pyrrole nitrogens is 1. The summed E-state index contributed by atoms with van der Waals surface area (Å²) in [4.78, 5) is 28.5. The molecule has 0 fully saturated rings. The molecule has 5 aromatic rings. The number of nitrogens with zero attached hydrogens (tertiary/aromatic N) is 6. The van der Waals surface area contributed by atoms with Crippen LogP contribution in [0.25, 0.3) is 33.8 Å². The number of hydrogen-bond donors (Lipinski definition) is 1. The van der Waals surface area contributed by atoms with Gasteiger partial charge >= 0.3 is 5.69 Å². The Morgan fingerprint density at radius 2 is 1.79 bits per heavy atom. The van der Waals surface area contributed by atoms with Gasteiger partial charge in [-0.05, 0) is 24.3 Å². The normalized spacial score (nSPS) is 10.5. The predicted molar refractivity (Wildman–Crippen MR) is 110 cm³/mol. The van der Waals surface area contributed by atoms with E-state index in [1.165, 1.54) is 4.57 Å². The molecule has 0 saturated carbocycles. The third-order valence-electron chi connectivity index (χ3n) is 4.35. The molecule has 2 aromatic carbocycles. The molecule has 5 rings (SSSR count). The highest BCUT2D eigenvalue weighted by molar-refractivity contribution is 5.78. The Bertz CT molecular complexity index is 1420.